The minimum atomic E-state index is -5.17. The fourth-order valence-corrected chi connectivity index (χ4v) is 3.54. The summed E-state index contributed by atoms with van der Waals surface area (Å²) < 4.78 is 46.6. The lowest BCUT2D eigenvalue weighted by atomic mass is 10.1. The van der Waals surface area contributed by atoms with Gasteiger partial charge in [0.1, 0.15) is 49.0 Å². The van der Waals surface area contributed by atoms with E-state index in [0.29, 0.717) is 0 Å². The maximum absolute atomic E-state index is 11.6. The minimum absolute atomic E-state index is 0.179. The zero-order valence-corrected chi connectivity index (χ0v) is 20.6. The summed E-state index contributed by atoms with van der Waals surface area (Å²) in [5.41, 5.74) is 9.62. The van der Waals surface area contributed by atoms with Crippen molar-refractivity contribution in [1.82, 2.24) is 9.97 Å². The van der Waals surface area contributed by atoms with Crippen LogP contribution in [0.25, 0.3) is 0 Å². The number of aromatic nitrogens is 4. The summed E-state index contributed by atoms with van der Waals surface area (Å²) in [6.45, 7) is -0.885. The van der Waals surface area contributed by atoms with Crippen LogP contribution in [0.5, 0.6) is 0 Å². The van der Waals surface area contributed by atoms with Crippen molar-refractivity contribution in [3.8, 4) is 0 Å². The summed E-state index contributed by atoms with van der Waals surface area (Å²) in [5, 5.41) is 56.4. The van der Waals surface area contributed by atoms with Crippen LogP contribution in [-0.4, -0.2) is 108 Å². The van der Waals surface area contributed by atoms with Crippen molar-refractivity contribution in [2.75, 3.05) is 24.7 Å². The number of ether oxygens (including phenoxy) is 2. The summed E-state index contributed by atoms with van der Waals surface area (Å²) in [4.78, 5) is 27.8. The number of nitrogens with one attached hydrogen (secondary N) is 2. The average molecular weight is 585 g/mol. The Morgan fingerprint density at radius 3 is 1.31 bits per heavy atom. The first-order valence-corrected chi connectivity index (χ1v) is 12.1. The molecule has 220 valence electrons. The van der Waals surface area contributed by atoms with E-state index in [2.05, 4.69) is 9.97 Å². The standard InChI is InChI=1S/2C9H13N3O5.H2O4S/c2*10-5-1-2-12(9(16)11-5)8-7(15)6(14)4(3-13)17-8;1-5(2,3)4/h2*1-2,4,6-8,13-15H,3H2,(H2,10,11,16);(H2,1,2,3,4)/t2*4-,6-,7-,8-;/m11./s1. The molecule has 0 unspecified atom stereocenters. The molecule has 0 aliphatic carbocycles. The van der Waals surface area contributed by atoms with Crippen LogP contribution in [0.3, 0.4) is 0 Å². The van der Waals surface area contributed by atoms with Crippen LogP contribution in [0.1, 0.15) is 12.5 Å². The van der Waals surface area contributed by atoms with Crippen LogP contribution in [0.15, 0.2) is 34.1 Å². The van der Waals surface area contributed by atoms with Crippen molar-refractivity contribution in [3.63, 3.8) is 0 Å². The highest BCUT2D eigenvalue weighted by Gasteiger charge is 2.47. The lowest BCUT2D eigenvalue weighted by Gasteiger charge is -2.11. The summed E-state index contributed by atoms with van der Waals surface area (Å²) in [6, 6.07) is 2.85. The Morgan fingerprint density at radius 1 is 0.769 bits per heavy atom. The molecule has 2 aliphatic heterocycles. The molecule has 2 aromatic heterocycles. The van der Waals surface area contributed by atoms with E-state index in [9.17, 15) is 30.0 Å². The predicted octanol–water partition coefficient (Wildman–Crippen LogP) is -7.63. The molecule has 0 bridgehead atoms. The number of rotatable bonds is 4. The van der Waals surface area contributed by atoms with Gasteiger partial charge in [0.05, 0.1) is 13.2 Å². The quantitative estimate of drug-likeness (QED) is 0.0905. The zero-order valence-electron chi connectivity index (χ0n) is 19.7. The van der Waals surface area contributed by atoms with E-state index in [4.69, 9.17) is 48.7 Å². The molecule has 0 spiro atoms. The van der Waals surface area contributed by atoms with E-state index in [1.54, 1.807) is 0 Å². The van der Waals surface area contributed by atoms with Gasteiger partial charge in [-0.05, 0) is 0 Å². The van der Waals surface area contributed by atoms with Gasteiger partial charge < -0.3 is 60.7 Å². The van der Waals surface area contributed by atoms with Gasteiger partial charge in [-0.25, -0.2) is 0 Å². The van der Waals surface area contributed by atoms with Crippen molar-refractivity contribution >= 4 is 22.0 Å². The van der Waals surface area contributed by atoms with Crippen molar-refractivity contribution in [2.24, 2.45) is 0 Å². The number of H-pyrrole nitrogens is 2. The number of nitrogens with zero attached hydrogens (tertiary/aromatic N) is 2. The second-order valence-corrected chi connectivity index (χ2v) is 8.90. The number of aliphatic hydroxyl groups is 6. The monoisotopic (exact) mass is 584 g/mol. The Bertz CT molecular complexity index is 1230. The molecule has 21 heteroatoms. The fraction of sp³-hybridized carbons (Fsp3) is 0.556. The maximum atomic E-state index is 11.6. The van der Waals surface area contributed by atoms with Crippen molar-refractivity contribution in [3.05, 3.63) is 45.5 Å². The highest BCUT2D eigenvalue weighted by atomic mass is 32.3. The average Bonchev–Trinajstić information content (AvgIpc) is 3.28. The normalized spacial score (nSPS) is 30.2. The third-order valence-electron chi connectivity index (χ3n) is 5.38. The van der Waals surface area contributed by atoms with E-state index >= 15 is 0 Å². The fourth-order valence-electron chi connectivity index (χ4n) is 3.54. The largest absolute Gasteiger partial charge is 0.759 e. The number of nitrogen functional groups attached to an aromatic ring is 2. The van der Waals surface area contributed by atoms with Crippen LogP contribution >= 0.6 is 0 Å². The molecule has 4 rings (SSSR count). The summed E-state index contributed by atoms with van der Waals surface area (Å²) in [7, 11) is -5.17. The second-order valence-electron chi connectivity index (χ2n) is 8.08. The minimum Gasteiger partial charge on any atom is -0.759 e. The maximum Gasteiger partial charge on any atom is 0.499 e. The smallest absolute Gasteiger partial charge is 0.499 e. The third kappa shape index (κ3) is 8.45. The lowest BCUT2D eigenvalue weighted by molar-refractivity contribution is -0.780. The van der Waals surface area contributed by atoms with Gasteiger partial charge in [-0.3, -0.25) is 8.42 Å². The molecule has 0 saturated carbocycles. The third-order valence-corrected chi connectivity index (χ3v) is 5.38. The molecule has 8 atom stereocenters. The highest BCUT2D eigenvalue weighted by molar-refractivity contribution is 7.79. The summed E-state index contributed by atoms with van der Waals surface area (Å²) in [5.74, 6) is 0.357. The first-order chi connectivity index (χ1) is 18.1. The Morgan fingerprint density at radius 2 is 1.08 bits per heavy atom. The van der Waals surface area contributed by atoms with Crippen LogP contribution in [0.4, 0.5) is 11.6 Å². The number of aromatic amines is 2. The number of aliphatic hydroxyl groups excluding tert-OH is 6. The Balaban J connectivity index is 0.000000234. The molecule has 2 aromatic rings. The number of hydrogen-bond donors (Lipinski definition) is 10. The molecule has 2 aliphatic rings. The van der Waals surface area contributed by atoms with Crippen LogP contribution < -0.4 is 32.0 Å². The molecule has 20 nitrogen and oxygen atoms in total. The van der Waals surface area contributed by atoms with Gasteiger partial charge in [0.15, 0.2) is 11.6 Å². The Kier molecular flexibility index (Phi) is 11.0. The molecule has 12 N–H and O–H groups in total. The van der Waals surface area contributed by atoms with E-state index in [-0.39, 0.29) is 11.6 Å². The second kappa shape index (κ2) is 13.3. The van der Waals surface area contributed by atoms with E-state index in [1.807, 2.05) is 0 Å². The first kappa shape index (κ1) is 32.1. The SMILES string of the molecule is Nc1cc[n+]([C@@H]2O[C@H](CO)[C@@H](O)[C@H]2O)c(=O)[nH]1.Nc1cc[n+]([C@@H]2O[C@H](CO)[C@@H](O)[C@H]2O)c(=O)[nH]1.O=S(=O)([O-])[O-]. The Labute approximate surface area is 218 Å². The first-order valence-electron chi connectivity index (χ1n) is 10.8. The molecule has 39 heavy (non-hydrogen) atoms. The predicted molar refractivity (Wildman–Crippen MR) is 120 cm³/mol. The zero-order chi connectivity index (χ0) is 29.7. The van der Waals surface area contributed by atoms with Crippen molar-refractivity contribution in [2.45, 2.75) is 49.1 Å². The van der Waals surface area contributed by atoms with E-state index < -0.39 is 84.1 Å². The topological polar surface area (TPSA) is 346 Å². The summed E-state index contributed by atoms with van der Waals surface area (Å²) in [6.07, 6.45) is -6.31. The molecular formula is C18H28N6O14S. The molecule has 0 radical (unpaired) electrons. The molecule has 2 fully saturated rings. The van der Waals surface area contributed by atoms with Gasteiger partial charge in [0.25, 0.3) is 0 Å². The molecule has 4 heterocycles. The Hall–Kier alpha value is -3.09. The number of anilines is 2. The van der Waals surface area contributed by atoms with Crippen molar-refractivity contribution in [1.29, 1.82) is 0 Å². The number of nitrogens with two attached hydrogens (primary N) is 2. The van der Waals surface area contributed by atoms with Gasteiger partial charge in [-0.2, -0.15) is 28.7 Å². The molecular weight excluding hydrogens is 556 g/mol. The van der Waals surface area contributed by atoms with Crippen LogP contribution in [0.2, 0.25) is 0 Å². The van der Waals surface area contributed by atoms with E-state index in [0.717, 1.165) is 9.13 Å². The lowest BCUT2D eigenvalue weighted by Crippen LogP contribution is -2.58. The molecule has 0 aromatic carbocycles. The van der Waals surface area contributed by atoms with Gasteiger partial charge in [0.2, 0.25) is 12.5 Å². The van der Waals surface area contributed by atoms with Crippen LogP contribution in [-0.2, 0) is 19.9 Å². The molecule has 2 saturated heterocycles. The summed E-state index contributed by atoms with van der Waals surface area (Å²) >= 11 is 0. The van der Waals surface area contributed by atoms with Crippen LogP contribution in [0, 0.1) is 0 Å². The van der Waals surface area contributed by atoms with Gasteiger partial charge in [0, 0.05) is 22.5 Å². The highest BCUT2D eigenvalue weighted by Crippen LogP contribution is 2.25. The molecule has 0 amide bonds. The van der Waals surface area contributed by atoms with Gasteiger partial charge in [-0.1, -0.05) is 0 Å². The number of hydrogen-bond acceptors (Lipinski definition) is 16. The van der Waals surface area contributed by atoms with Gasteiger partial charge >= 0.3 is 11.4 Å². The van der Waals surface area contributed by atoms with E-state index in [1.165, 1.54) is 24.5 Å². The van der Waals surface area contributed by atoms with Crippen molar-refractivity contribution < 1.29 is 66.8 Å². The van der Waals surface area contributed by atoms with Gasteiger partial charge in [-0.15, -0.1) is 0 Å².